The van der Waals surface area contributed by atoms with E-state index < -0.39 is 6.23 Å². The Kier molecular flexibility index (Phi) is 2.99. The van der Waals surface area contributed by atoms with Crippen molar-refractivity contribution in [2.45, 2.75) is 12.4 Å². The van der Waals surface area contributed by atoms with E-state index in [-0.39, 0.29) is 6.17 Å². The molecule has 2 aliphatic heterocycles. The van der Waals surface area contributed by atoms with Crippen molar-refractivity contribution < 1.29 is 9.47 Å². The van der Waals surface area contributed by atoms with Gasteiger partial charge in [0, 0.05) is 19.6 Å². The van der Waals surface area contributed by atoms with Crippen LogP contribution in [0.1, 0.15) is 0 Å². The number of fused-ring (bicyclic) bond motifs is 1. The number of hydrogen-bond acceptors (Lipinski definition) is 6. The molecule has 3 rings (SSSR count). The van der Waals surface area contributed by atoms with E-state index >= 15 is 0 Å². The fraction of sp³-hybridized carbons (Fsp3) is 0.500. The molecule has 1 aromatic carbocycles. The number of ether oxygens (including phenoxy) is 2. The van der Waals surface area contributed by atoms with Gasteiger partial charge in [0.25, 0.3) is 0 Å². The summed E-state index contributed by atoms with van der Waals surface area (Å²) in [7, 11) is 0. The monoisotopic (exact) mass is 250 g/mol. The van der Waals surface area contributed by atoms with Crippen molar-refractivity contribution in [3.8, 4) is 11.5 Å². The van der Waals surface area contributed by atoms with Crippen LogP contribution < -0.4 is 31.2 Å². The van der Waals surface area contributed by atoms with E-state index in [0.717, 1.165) is 31.1 Å². The van der Waals surface area contributed by atoms with Crippen molar-refractivity contribution in [1.82, 2.24) is 5.32 Å². The summed E-state index contributed by atoms with van der Waals surface area (Å²) in [5, 5.41) is 3.21. The second-order valence-electron chi connectivity index (χ2n) is 4.58. The molecule has 0 spiro atoms. The third kappa shape index (κ3) is 2.10. The predicted molar refractivity (Wildman–Crippen MR) is 68.7 cm³/mol. The molecule has 6 nitrogen and oxygen atoms in total. The molecule has 2 atom stereocenters. The van der Waals surface area contributed by atoms with Crippen LogP contribution in [-0.2, 0) is 0 Å². The molecule has 0 aliphatic carbocycles. The second-order valence-corrected chi connectivity index (χ2v) is 4.58. The summed E-state index contributed by atoms with van der Waals surface area (Å²) < 4.78 is 11.3. The molecule has 1 aromatic rings. The molecule has 98 valence electrons. The van der Waals surface area contributed by atoms with Gasteiger partial charge in [-0.1, -0.05) is 6.07 Å². The van der Waals surface area contributed by atoms with Gasteiger partial charge < -0.3 is 20.1 Å². The highest BCUT2D eigenvalue weighted by Gasteiger charge is 2.25. The average Bonchev–Trinajstić information content (AvgIpc) is 2.37. The van der Waals surface area contributed by atoms with Crippen LogP contribution in [0.15, 0.2) is 18.2 Å². The molecular formula is C12H18N4O2. The van der Waals surface area contributed by atoms with Gasteiger partial charge in [-0.15, -0.1) is 0 Å². The normalized spacial score (nSPS) is 27.1. The van der Waals surface area contributed by atoms with Crippen LogP contribution in [-0.4, -0.2) is 38.6 Å². The van der Waals surface area contributed by atoms with Crippen LogP contribution in [0.4, 0.5) is 5.69 Å². The molecule has 0 amide bonds. The molecule has 0 saturated carbocycles. The summed E-state index contributed by atoms with van der Waals surface area (Å²) in [4.78, 5) is 2.21. The highest BCUT2D eigenvalue weighted by Crippen LogP contribution is 2.40. The number of rotatable bonds is 1. The van der Waals surface area contributed by atoms with Crippen LogP contribution >= 0.6 is 0 Å². The van der Waals surface area contributed by atoms with Crippen LogP contribution in [0, 0.1) is 0 Å². The minimum atomic E-state index is -0.391. The molecule has 1 saturated heterocycles. The lowest BCUT2D eigenvalue weighted by atomic mass is 10.2. The molecule has 5 N–H and O–H groups in total. The average molecular weight is 250 g/mol. The number of piperazine rings is 1. The molecule has 6 heteroatoms. The minimum absolute atomic E-state index is 0.0126. The van der Waals surface area contributed by atoms with E-state index in [1.807, 2.05) is 18.2 Å². The Morgan fingerprint density at radius 1 is 1.33 bits per heavy atom. The predicted octanol–water partition coefficient (Wildman–Crippen LogP) is -0.563. The molecule has 18 heavy (non-hydrogen) atoms. The van der Waals surface area contributed by atoms with Crippen molar-refractivity contribution in [1.29, 1.82) is 0 Å². The SMILES string of the molecule is NC1CN(c2cccc3c2OCC(N)O3)CCN1. The lowest BCUT2D eigenvalue weighted by Crippen LogP contribution is -2.55. The van der Waals surface area contributed by atoms with E-state index in [9.17, 15) is 0 Å². The van der Waals surface area contributed by atoms with Gasteiger partial charge in [-0.25, -0.2) is 0 Å². The van der Waals surface area contributed by atoms with Gasteiger partial charge in [-0.3, -0.25) is 11.1 Å². The molecule has 2 heterocycles. The number of nitrogens with one attached hydrogen (secondary N) is 1. The first-order valence-electron chi connectivity index (χ1n) is 6.16. The summed E-state index contributed by atoms with van der Waals surface area (Å²) in [6.07, 6.45) is -0.403. The fourth-order valence-electron chi connectivity index (χ4n) is 2.35. The maximum absolute atomic E-state index is 5.92. The van der Waals surface area contributed by atoms with Gasteiger partial charge in [0.1, 0.15) is 6.61 Å². The maximum Gasteiger partial charge on any atom is 0.184 e. The highest BCUT2D eigenvalue weighted by molar-refractivity contribution is 5.65. The van der Waals surface area contributed by atoms with Crippen molar-refractivity contribution in [2.24, 2.45) is 11.5 Å². The zero-order valence-electron chi connectivity index (χ0n) is 10.1. The quantitative estimate of drug-likeness (QED) is 0.619. The van der Waals surface area contributed by atoms with Crippen LogP contribution in [0.3, 0.4) is 0 Å². The van der Waals surface area contributed by atoms with Gasteiger partial charge in [0.2, 0.25) is 0 Å². The van der Waals surface area contributed by atoms with E-state index in [1.165, 1.54) is 0 Å². The number of anilines is 1. The summed E-state index contributed by atoms with van der Waals surface area (Å²) >= 11 is 0. The van der Waals surface area contributed by atoms with E-state index in [1.54, 1.807) is 0 Å². The molecule has 2 aliphatic rings. The van der Waals surface area contributed by atoms with Gasteiger partial charge in [-0.05, 0) is 12.1 Å². The van der Waals surface area contributed by atoms with Gasteiger partial charge in [0.15, 0.2) is 17.7 Å². The molecular weight excluding hydrogens is 232 g/mol. The Morgan fingerprint density at radius 2 is 2.22 bits per heavy atom. The molecule has 2 unspecified atom stereocenters. The topological polar surface area (TPSA) is 85.8 Å². The zero-order chi connectivity index (χ0) is 12.5. The summed E-state index contributed by atoms with van der Waals surface area (Å²) in [6.45, 7) is 2.90. The maximum atomic E-state index is 5.92. The van der Waals surface area contributed by atoms with E-state index in [2.05, 4.69) is 10.2 Å². The largest absolute Gasteiger partial charge is 0.482 e. The Hall–Kier alpha value is -1.50. The third-order valence-electron chi connectivity index (χ3n) is 3.17. The highest BCUT2D eigenvalue weighted by atomic mass is 16.6. The molecule has 0 radical (unpaired) electrons. The number of nitrogens with zero attached hydrogens (tertiary/aromatic N) is 1. The third-order valence-corrected chi connectivity index (χ3v) is 3.17. The van der Waals surface area contributed by atoms with Gasteiger partial charge in [0.05, 0.1) is 11.9 Å². The number of benzene rings is 1. The van der Waals surface area contributed by atoms with E-state index in [0.29, 0.717) is 12.4 Å². The van der Waals surface area contributed by atoms with Gasteiger partial charge in [-0.2, -0.15) is 0 Å². The second kappa shape index (κ2) is 4.64. The molecule has 0 aromatic heterocycles. The van der Waals surface area contributed by atoms with Crippen LogP contribution in [0.2, 0.25) is 0 Å². The first kappa shape index (κ1) is 11.6. The molecule has 0 bridgehead atoms. The standard InChI is InChI=1S/C12H18N4O2/c13-10-6-16(5-4-15-10)8-2-1-3-9-12(8)17-7-11(14)18-9/h1-3,10-11,15H,4-7,13-14H2. The van der Waals surface area contributed by atoms with Crippen LogP contribution in [0.5, 0.6) is 11.5 Å². The minimum Gasteiger partial charge on any atom is -0.482 e. The number of nitrogens with two attached hydrogens (primary N) is 2. The summed E-state index contributed by atoms with van der Waals surface area (Å²) in [5.41, 5.74) is 12.6. The fourth-order valence-corrected chi connectivity index (χ4v) is 2.35. The Morgan fingerprint density at radius 3 is 3.06 bits per heavy atom. The number of hydrogen-bond donors (Lipinski definition) is 3. The van der Waals surface area contributed by atoms with Crippen molar-refractivity contribution in [2.75, 3.05) is 31.1 Å². The number of para-hydroxylation sites is 1. The van der Waals surface area contributed by atoms with Crippen LogP contribution in [0.25, 0.3) is 0 Å². The first-order chi connectivity index (χ1) is 8.74. The Labute approximate surface area is 106 Å². The smallest absolute Gasteiger partial charge is 0.184 e. The van der Waals surface area contributed by atoms with Crippen molar-refractivity contribution in [3.05, 3.63) is 18.2 Å². The zero-order valence-corrected chi connectivity index (χ0v) is 10.1. The van der Waals surface area contributed by atoms with Crippen molar-refractivity contribution in [3.63, 3.8) is 0 Å². The van der Waals surface area contributed by atoms with Gasteiger partial charge >= 0.3 is 0 Å². The lowest BCUT2D eigenvalue weighted by Gasteiger charge is -2.35. The first-order valence-corrected chi connectivity index (χ1v) is 6.16. The Bertz CT molecular complexity index is 440. The Balaban J connectivity index is 1.90. The summed E-state index contributed by atoms with van der Waals surface area (Å²) in [6, 6.07) is 5.85. The molecule has 1 fully saturated rings. The van der Waals surface area contributed by atoms with Crippen molar-refractivity contribution >= 4 is 5.69 Å². The summed E-state index contributed by atoms with van der Waals surface area (Å²) in [5.74, 6) is 1.48. The lowest BCUT2D eigenvalue weighted by molar-refractivity contribution is 0.0961. The van der Waals surface area contributed by atoms with E-state index in [4.69, 9.17) is 20.9 Å².